The Hall–Kier alpha value is -2.02. The molecule has 0 radical (unpaired) electrons. The van der Waals surface area contributed by atoms with Crippen molar-refractivity contribution < 1.29 is 14.3 Å². The molecule has 0 fully saturated rings. The molecule has 1 aromatic heterocycles. The van der Waals surface area contributed by atoms with Gasteiger partial charge in [0.15, 0.2) is 17.0 Å². The van der Waals surface area contributed by atoms with E-state index in [9.17, 15) is 9.59 Å². The van der Waals surface area contributed by atoms with Crippen LogP contribution in [0.5, 0.6) is 0 Å². The van der Waals surface area contributed by atoms with E-state index in [-0.39, 0.29) is 32.5 Å². The molecule has 1 aromatic carbocycles. The molecule has 0 aliphatic rings. The van der Waals surface area contributed by atoms with Crippen molar-refractivity contribution in [3.8, 4) is 0 Å². The molecule has 1 amide bonds. The van der Waals surface area contributed by atoms with Gasteiger partial charge in [0.05, 0.1) is 10.7 Å². The van der Waals surface area contributed by atoms with E-state index in [1.54, 1.807) is 0 Å². The van der Waals surface area contributed by atoms with Crippen LogP contribution in [0.4, 0.5) is 11.4 Å². The Morgan fingerprint density at radius 1 is 1.14 bits per heavy atom. The summed E-state index contributed by atoms with van der Waals surface area (Å²) in [6.45, 7) is 7.38. The molecule has 0 spiro atoms. The number of ether oxygens (including phenoxy) is 1. The number of carbonyl (C=O) groups is 2. The summed E-state index contributed by atoms with van der Waals surface area (Å²) in [5.41, 5.74) is 7.88. The van der Waals surface area contributed by atoms with E-state index in [4.69, 9.17) is 45.3 Å². The number of amides is 1. The highest BCUT2D eigenvalue weighted by Gasteiger charge is 2.25. The molecule has 150 valence electrons. The fourth-order valence-corrected chi connectivity index (χ4v) is 3.09. The van der Waals surface area contributed by atoms with Gasteiger partial charge in [0.1, 0.15) is 5.02 Å². The van der Waals surface area contributed by atoms with Gasteiger partial charge in [0, 0.05) is 5.69 Å². The Kier molecular flexibility index (Phi) is 7.15. The molecule has 1 atom stereocenters. The van der Waals surface area contributed by atoms with Crippen LogP contribution in [-0.2, 0) is 9.53 Å². The molecule has 1 heterocycles. The minimum absolute atomic E-state index is 0.0604. The van der Waals surface area contributed by atoms with Gasteiger partial charge in [-0.1, -0.05) is 66.8 Å². The highest BCUT2D eigenvalue weighted by molar-refractivity contribution is 6.46. The van der Waals surface area contributed by atoms with Gasteiger partial charge >= 0.3 is 5.97 Å². The highest BCUT2D eigenvalue weighted by atomic mass is 35.5. The molecule has 6 nitrogen and oxygen atoms in total. The number of nitrogens with one attached hydrogen (secondary N) is 1. The molecule has 0 saturated heterocycles. The van der Waals surface area contributed by atoms with Crippen LogP contribution >= 0.6 is 34.8 Å². The first-order valence-corrected chi connectivity index (χ1v) is 9.59. The van der Waals surface area contributed by atoms with Crippen LogP contribution in [0.2, 0.25) is 15.2 Å². The van der Waals surface area contributed by atoms with Crippen molar-refractivity contribution in [3.63, 3.8) is 0 Å². The lowest BCUT2D eigenvalue weighted by Gasteiger charge is -2.19. The zero-order valence-corrected chi connectivity index (χ0v) is 18.0. The topological polar surface area (TPSA) is 94.3 Å². The molecule has 0 saturated carbocycles. The fraction of sp³-hybridized carbons (Fsp3) is 0.316. The Bertz CT molecular complexity index is 932. The zero-order valence-electron chi connectivity index (χ0n) is 15.8. The summed E-state index contributed by atoms with van der Waals surface area (Å²) in [6.07, 6.45) is -1.11. The van der Waals surface area contributed by atoms with Crippen LogP contribution in [-0.4, -0.2) is 23.0 Å². The third kappa shape index (κ3) is 4.69. The van der Waals surface area contributed by atoms with Crippen molar-refractivity contribution >= 4 is 58.1 Å². The number of nitrogens with zero attached hydrogens (tertiary/aromatic N) is 1. The summed E-state index contributed by atoms with van der Waals surface area (Å²) in [5.74, 6) is -1.23. The molecule has 0 aliphatic heterocycles. The number of halogens is 3. The minimum Gasteiger partial charge on any atom is -0.448 e. The van der Waals surface area contributed by atoms with Crippen molar-refractivity contribution in [1.29, 1.82) is 0 Å². The van der Waals surface area contributed by atoms with E-state index in [1.165, 1.54) is 6.92 Å². The normalized spacial score (nSPS) is 12.0. The number of hydrogen-bond donors (Lipinski definition) is 2. The summed E-state index contributed by atoms with van der Waals surface area (Å²) in [6, 6.07) is 5.75. The van der Waals surface area contributed by atoms with Gasteiger partial charge in [-0.25, -0.2) is 9.78 Å². The predicted molar refractivity (Wildman–Crippen MR) is 112 cm³/mol. The number of nitrogens with two attached hydrogens (primary N) is 1. The average Bonchev–Trinajstić information content (AvgIpc) is 2.63. The Morgan fingerprint density at radius 2 is 1.79 bits per heavy atom. The number of anilines is 2. The second-order valence-electron chi connectivity index (χ2n) is 6.52. The third-order valence-electron chi connectivity index (χ3n) is 4.09. The van der Waals surface area contributed by atoms with Crippen LogP contribution in [0.3, 0.4) is 0 Å². The van der Waals surface area contributed by atoms with E-state index < -0.39 is 18.0 Å². The van der Waals surface area contributed by atoms with Gasteiger partial charge < -0.3 is 15.8 Å². The maximum absolute atomic E-state index is 12.6. The molecular weight excluding hydrogens is 425 g/mol. The number of pyridine rings is 1. The summed E-state index contributed by atoms with van der Waals surface area (Å²) in [7, 11) is 0. The first kappa shape index (κ1) is 22.3. The van der Waals surface area contributed by atoms with Crippen molar-refractivity contribution in [1.82, 2.24) is 4.98 Å². The number of benzene rings is 1. The number of rotatable bonds is 5. The number of aromatic nitrogens is 1. The maximum Gasteiger partial charge on any atom is 0.359 e. The summed E-state index contributed by atoms with van der Waals surface area (Å²) >= 11 is 17.7. The summed E-state index contributed by atoms with van der Waals surface area (Å²) in [4.78, 5) is 28.7. The first-order valence-electron chi connectivity index (χ1n) is 8.45. The van der Waals surface area contributed by atoms with Crippen LogP contribution in [0.1, 0.15) is 48.3 Å². The molecule has 2 rings (SSSR count). The average molecular weight is 445 g/mol. The monoisotopic (exact) mass is 443 g/mol. The lowest BCUT2D eigenvalue weighted by Crippen LogP contribution is -2.31. The van der Waals surface area contributed by atoms with Gasteiger partial charge in [-0.15, -0.1) is 0 Å². The molecule has 28 heavy (non-hydrogen) atoms. The van der Waals surface area contributed by atoms with Gasteiger partial charge in [-0.3, -0.25) is 4.79 Å². The highest BCUT2D eigenvalue weighted by Crippen LogP contribution is 2.34. The van der Waals surface area contributed by atoms with Crippen molar-refractivity contribution in [2.24, 2.45) is 0 Å². The van der Waals surface area contributed by atoms with Crippen LogP contribution in [0, 0.1) is 6.92 Å². The molecule has 2 aromatic rings. The largest absolute Gasteiger partial charge is 0.448 e. The summed E-state index contributed by atoms with van der Waals surface area (Å²) < 4.78 is 5.19. The fourth-order valence-electron chi connectivity index (χ4n) is 2.50. The zero-order chi connectivity index (χ0) is 21.2. The van der Waals surface area contributed by atoms with Crippen LogP contribution in [0.25, 0.3) is 0 Å². The second kappa shape index (κ2) is 8.99. The van der Waals surface area contributed by atoms with Gasteiger partial charge in [-0.05, 0) is 30.9 Å². The SMILES string of the molecule is Cc1cccc(C(C)C)c1NC(=O)C(C)OC(=O)c1nc(Cl)c(Cl)c(N)c1Cl. The predicted octanol–water partition coefficient (Wildman–Crippen LogP) is 5.24. The molecule has 3 N–H and O–H groups in total. The standard InChI is InChI=1S/C19H20Cl3N3O3/c1-8(2)11-7-5-6-9(3)15(11)25-18(26)10(4)28-19(27)16-12(20)14(23)13(21)17(22)24-16/h5-8,10H,1-4H3,(H2,23,24)(H,25,26). The molecule has 1 unspecified atom stereocenters. The number of para-hydroxylation sites is 1. The van der Waals surface area contributed by atoms with Crippen molar-refractivity contribution in [3.05, 3.63) is 50.2 Å². The molecule has 9 heteroatoms. The maximum atomic E-state index is 12.6. The number of carbonyl (C=O) groups excluding carboxylic acids is 2. The van der Waals surface area contributed by atoms with E-state index in [1.807, 2.05) is 39.0 Å². The Morgan fingerprint density at radius 3 is 2.39 bits per heavy atom. The van der Waals surface area contributed by atoms with Gasteiger partial charge in [0.2, 0.25) is 0 Å². The molecular formula is C19H20Cl3N3O3. The summed E-state index contributed by atoms with van der Waals surface area (Å²) in [5, 5.41) is 2.39. The molecule has 0 aliphatic carbocycles. The number of aryl methyl sites for hydroxylation is 1. The lowest BCUT2D eigenvalue weighted by molar-refractivity contribution is -0.123. The van der Waals surface area contributed by atoms with Crippen molar-refractivity contribution in [2.75, 3.05) is 11.1 Å². The van der Waals surface area contributed by atoms with Crippen molar-refractivity contribution in [2.45, 2.75) is 39.7 Å². The number of esters is 1. The quantitative estimate of drug-likeness (QED) is 0.486. The first-order chi connectivity index (χ1) is 13.0. The molecule has 0 bridgehead atoms. The lowest BCUT2D eigenvalue weighted by atomic mass is 9.98. The van der Waals surface area contributed by atoms with Gasteiger partial charge in [-0.2, -0.15) is 0 Å². The van der Waals surface area contributed by atoms with Crippen LogP contribution < -0.4 is 11.1 Å². The Labute approximate surface area is 178 Å². The number of nitrogen functional groups attached to an aromatic ring is 1. The third-order valence-corrected chi connectivity index (χ3v) is 5.23. The number of hydrogen-bond acceptors (Lipinski definition) is 5. The van der Waals surface area contributed by atoms with E-state index in [2.05, 4.69) is 10.3 Å². The second-order valence-corrected chi connectivity index (χ2v) is 7.64. The van der Waals surface area contributed by atoms with E-state index in [0.717, 1.165) is 11.1 Å². The Balaban J connectivity index is 2.19. The van der Waals surface area contributed by atoms with Crippen LogP contribution in [0.15, 0.2) is 18.2 Å². The minimum atomic E-state index is -1.11. The van der Waals surface area contributed by atoms with E-state index in [0.29, 0.717) is 5.69 Å². The smallest absolute Gasteiger partial charge is 0.359 e. The van der Waals surface area contributed by atoms with E-state index >= 15 is 0 Å². The van der Waals surface area contributed by atoms with Gasteiger partial charge in [0.25, 0.3) is 5.91 Å².